The molecule has 0 bridgehead atoms. The average molecular weight is 384 g/mol. The zero-order valence-corrected chi connectivity index (χ0v) is 15.1. The topological polar surface area (TPSA) is 101 Å². The molecule has 0 saturated carbocycles. The number of halogens is 2. The first-order valence-corrected chi connectivity index (χ1v) is 8.78. The summed E-state index contributed by atoms with van der Waals surface area (Å²) in [7, 11) is -3.93. The van der Waals surface area contributed by atoms with E-state index in [1.54, 1.807) is 6.92 Å². The molecule has 0 spiro atoms. The quantitative estimate of drug-likeness (QED) is 0.613. The Balaban J connectivity index is 0.00000264. The van der Waals surface area contributed by atoms with E-state index < -0.39 is 20.6 Å². The van der Waals surface area contributed by atoms with Crippen LogP contribution in [0.2, 0.25) is 5.02 Å². The highest BCUT2D eigenvalue weighted by Gasteiger charge is 2.30. The summed E-state index contributed by atoms with van der Waals surface area (Å²) in [6, 6.07) is 2.32. The van der Waals surface area contributed by atoms with Gasteiger partial charge < -0.3 is 5.32 Å². The van der Waals surface area contributed by atoms with Crippen LogP contribution in [0, 0.1) is 17.0 Å². The lowest BCUT2D eigenvalue weighted by Crippen LogP contribution is -2.51. The van der Waals surface area contributed by atoms with Gasteiger partial charge in [-0.2, -0.15) is 0 Å². The molecule has 1 aromatic rings. The summed E-state index contributed by atoms with van der Waals surface area (Å²) in [5.41, 5.74) is 0.0585. The Labute approximate surface area is 146 Å². The minimum Gasteiger partial charge on any atom is -0.313 e. The third kappa shape index (κ3) is 4.54. The van der Waals surface area contributed by atoms with Crippen molar-refractivity contribution < 1.29 is 13.3 Å². The molecule has 2 unspecified atom stereocenters. The first-order chi connectivity index (χ1) is 10.2. The predicted octanol–water partition coefficient (Wildman–Crippen LogP) is 2.40. The summed E-state index contributed by atoms with van der Waals surface area (Å²) < 4.78 is 27.7. The van der Waals surface area contributed by atoms with Gasteiger partial charge in [0.25, 0.3) is 5.69 Å². The number of nitro groups is 1. The zero-order valence-electron chi connectivity index (χ0n) is 12.7. The largest absolute Gasteiger partial charge is 0.313 e. The van der Waals surface area contributed by atoms with Gasteiger partial charge in [0.15, 0.2) is 0 Å². The SMILES string of the molecule is Cc1cc([N+](=O)[O-])c(Cl)c(S(=O)(=O)NC2CCCNC2C)c1.Cl. The van der Waals surface area contributed by atoms with Crippen molar-refractivity contribution in [1.82, 2.24) is 10.0 Å². The van der Waals surface area contributed by atoms with Gasteiger partial charge in [0.2, 0.25) is 10.0 Å². The lowest BCUT2D eigenvalue weighted by molar-refractivity contribution is -0.385. The van der Waals surface area contributed by atoms with Crippen LogP contribution in [0.5, 0.6) is 0 Å². The molecular weight excluding hydrogens is 365 g/mol. The molecule has 2 atom stereocenters. The molecule has 1 fully saturated rings. The number of benzene rings is 1. The van der Waals surface area contributed by atoms with Gasteiger partial charge in [-0.05, 0) is 44.9 Å². The lowest BCUT2D eigenvalue weighted by Gasteiger charge is -2.30. The van der Waals surface area contributed by atoms with Crippen molar-refractivity contribution in [1.29, 1.82) is 0 Å². The molecular formula is C13H19Cl2N3O4S. The van der Waals surface area contributed by atoms with Gasteiger partial charge in [-0.15, -0.1) is 12.4 Å². The maximum atomic E-state index is 12.5. The number of nitro benzene ring substituents is 1. The fourth-order valence-corrected chi connectivity index (χ4v) is 4.53. The first kappa shape index (κ1) is 20.1. The Hall–Kier alpha value is -0.930. The molecule has 1 saturated heterocycles. The summed E-state index contributed by atoms with van der Waals surface area (Å²) in [5, 5.41) is 13.8. The average Bonchev–Trinajstić information content (AvgIpc) is 2.43. The van der Waals surface area contributed by atoms with Crippen LogP contribution in [0.4, 0.5) is 5.69 Å². The number of sulfonamides is 1. The summed E-state index contributed by atoms with van der Waals surface area (Å²) in [4.78, 5) is 10.1. The van der Waals surface area contributed by atoms with Crippen LogP contribution in [0.1, 0.15) is 25.3 Å². The fraction of sp³-hybridized carbons (Fsp3) is 0.538. The van der Waals surface area contributed by atoms with Crippen LogP contribution in [0.15, 0.2) is 17.0 Å². The summed E-state index contributed by atoms with van der Waals surface area (Å²) in [6.45, 7) is 4.33. The number of hydrogen-bond donors (Lipinski definition) is 2. The minimum absolute atomic E-state index is 0. The van der Waals surface area contributed by atoms with Gasteiger partial charge in [-0.3, -0.25) is 10.1 Å². The molecule has 0 amide bonds. The van der Waals surface area contributed by atoms with Crippen molar-refractivity contribution >= 4 is 39.7 Å². The van der Waals surface area contributed by atoms with Crippen molar-refractivity contribution in [3.8, 4) is 0 Å². The zero-order chi connectivity index (χ0) is 16.5. The van der Waals surface area contributed by atoms with Crippen molar-refractivity contribution in [2.24, 2.45) is 0 Å². The smallest absolute Gasteiger partial charge is 0.289 e. The summed E-state index contributed by atoms with van der Waals surface area (Å²) >= 11 is 5.94. The highest BCUT2D eigenvalue weighted by Crippen LogP contribution is 2.32. The predicted molar refractivity (Wildman–Crippen MR) is 90.9 cm³/mol. The van der Waals surface area contributed by atoms with Crippen LogP contribution < -0.4 is 10.0 Å². The third-order valence-electron chi connectivity index (χ3n) is 3.72. The maximum Gasteiger partial charge on any atom is 0.289 e. The number of piperidine rings is 1. The van der Waals surface area contributed by atoms with Crippen molar-refractivity contribution in [2.75, 3.05) is 6.54 Å². The summed E-state index contributed by atoms with van der Waals surface area (Å²) in [6.07, 6.45) is 1.57. The van der Waals surface area contributed by atoms with E-state index in [-0.39, 0.29) is 34.4 Å². The number of rotatable bonds is 4. The van der Waals surface area contributed by atoms with Crippen LogP contribution >= 0.6 is 24.0 Å². The fourth-order valence-electron chi connectivity index (χ4n) is 2.51. The van der Waals surface area contributed by atoms with E-state index in [4.69, 9.17) is 11.6 Å². The molecule has 7 nitrogen and oxygen atoms in total. The van der Waals surface area contributed by atoms with Gasteiger partial charge in [0.05, 0.1) is 4.92 Å². The molecule has 2 rings (SSSR count). The van der Waals surface area contributed by atoms with E-state index in [2.05, 4.69) is 10.0 Å². The molecule has 130 valence electrons. The number of nitrogens with zero attached hydrogens (tertiary/aromatic N) is 1. The molecule has 0 aliphatic carbocycles. The molecule has 0 radical (unpaired) electrons. The first-order valence-electron chi connectivity index (χ1n) is 6.92. The van der Waals surface area contributed by atoms with Gasteiger partial charge >= 0.3 is 0 Å². The van der Waals surface area contributed by atoms with Crippen LogP contribution in [0.3, 0.4) is 0 Å². The van der Waals surface area contributed by atoms with E-state index in [0.29, 0.717) is 12.0 Å². The normalized spacial score (nSPS) is 21.5. The van der Waals surface area contributed by atoms with Gasteiger partial charge in [0.1, 0.15) is 9.92 Å². The van der Waals surface area contributed by atoms with Crippen LogP contribution in [0.25, 0.3) is 0 Å². The van der Waals surface area contributed by atoms with E-state index >= 15 is 0 Å². The standard InChI is InChI=1S/C13H18ClN3O4S.ClH/c1-8-6-11(17(18)19)13(14)12(7-8)22(20,21)16-10-4-3-5-15-9(10)2;/h6-7,9-10,15-16H,3-5H2,1-2H3;1H. The Morgan fingerprint density at radius 2 is 2.09 bits per heavy atom. The van der Waals surface area contributed by atoms with E-state index in [1.807, 2.05) is 6.92 Å². The van der Waals surface area contributed by atoms with E-state index in [1.165, 1.54) is 12.1 Å². The van der Waals surface area contributed by atoms with Crippen molar-refractivity contribution in [3.05, 3.63) is 32.8 Å². The Bertz CT molecular complexity index is 697. The molecule has 1 aliphatic heterocycles. The van der Waals surface area contributed by atoms with Crippen LogP contribution in [-0.4, -0.2) is 32.0 Å². The van der Waals surface area contributed by atoms with Crippen molar-refractivity contribution in [2.45, 2.75) is 43.7 Å². The maximum absolute atomic E-state index is 12.5. The molecule has 1 aliphatic rings. The van der Waals surface area contributed by atoms with E-state index in [9.17, 15) is 18.5 Å². The highest BCUT2D eigenvalue weighted by atomic mass is 35.5. The highest BCUT2D eigenvalue weighted by molar-refractivity contribution is 7.89. The van der Waals surface area contributed by atoms with Crippen molar-refractivity contribution in [3.63, 3.8) is 0 Å². The van der Waals surface area contributed by atoms with Gasteiger partial charge in [-0.1, -0.05) is 11.6 Å². The molecule has 1 heterocycles. The Morgan fingerprint density at radius 3 is 2.65 bits per heavy atom. The number of hydrogen-bond acceptors (Lipinski definition) is 5. The monoisotopic (exact) mass is 383 g/mol. The summed E-state index contributed by atoms with van der Waals surface area (Å²) in [5.74, 6) is 0. The van der Waals surface area contributed by atoms with Crippen LogP contribution in [-0.2, 0) is 10.0 Å². The molecule has 1 aromatic carbocycles. The third-order valence-corrected chi connectivity index (χ3v) is 5.74. The van der Waals surface area contributed by atoms with E-state index in [0.717, 1.165) is 13.0 Å². The molecule has 0 aromatic heterocycles. The second kappa shape index (κ2) is 7.76. The molecule has 2 N–H and O–H groups in total. The minimum atomic E-state index is -3.93. The second-order valence-corrected chi connectivity index (χ2v) is 7.53. The van der Waals surface area contributed by atoms with Gasteiger partial charge in [-0.25, -0.2) is 13.1 Å². The number of nitrogens with one attached hydrogen (secondary N) is 2. The molecule has 10 heteroatoms. The molecule has 23 heavy (non-hydrogen) atoms. The Kier molecular flexibility index (Phi) is 6.79. The second-order valence-electron chi connectivity index (χ2n) is 5.47. The lowest BCUT2D eigenvalue weighted by atomic mass is 10.0. The Morgan fingerprint density at radius 1 is 1.43 bits per heavy atom. The number of aryl methyl sites for hydroxylation is 1. The van der Waals surface area contributed by atoms with Gasteiger partial charge in [0, 0.05) is 18.2 Å².